The number of nitrogens with zero attached hydrogens (tertiary/aromatic N) is 4. The molecule has 0 bridgehead atoms. The van der Waals surface area contributed by atoms with E-state index in [0.29, 0.717) is 39.3 Å². The van der Waals surface area contributed by atoms with Crippen LogP contribution in [0.15, 0.2) is 109 Å². The van der Waals surface area contributed by atoms with Crippen molar-refractivity contribution in [3.05, 3.63) is 177 Å². The van der Waals surface area contributed by atoms with Crippen LogP contribution in [-0.2, 0) is 16.2 Å². The quantitative estimate of drug-likeness (QED) is 0.0442. The summed E-state index contributed by atoms with van der Waals surface area (Å²) < 4.78 is 47.1. The maximum absolute atomic E-state index is 11.7. The number of ether oxygens (including phenoxy) is 1. The molecule has 0 aliphatic heterocycles. The maximum atomic E-state index is 11.7. The Hall–Kier alpha value is -7.62. The lowest BCUT2D eigenvalue weighted by molar-refractivity contribution is -0.385. The standard InChI is InChI=1S/C54H60N4O15P2/c1-33-43(51(3,4)5)31-44(52(6,7)8)49(72-74(68-39-23-15-35(16-24-39)55(59)60)69-40-25-17-36(18-26-40)56(61)62)47(33)48-34(2)46(67-54(12,13)14)32-45(53(9,10)11)50(48)73-75(70-41-27-19-37(20-28-41)57(63)64)71-42-29-21-38(22-30-42)58(65)66/h15-32H,1-14H3. The Morgan fingerprint density at radius 1 is 0.373 bits per heavy atom. The van der Waals surface area contributed by atoms with Crippen molar-refractivity contribution in [3.63, 3.8) is 0 Å². The Bertz CT molecular complexity index is 2970. The molecule has 396 valence electrons. The molecular formula is C54H60N4O15P2. The van der Waals surface area contributed by atoms with Crippen molar-refractivity contribution in [2.24, 2.45) is 0 Å². The number of rotatable bonds is 18. The van der Waals surface area contributed by atoms with E-state index in [4.69, 9.17) is 31.9 Å². The fourth-order valence-electron chi connectivity index (χ4n) is 7.73. The van der Waals surface area contributed by atoms with E-state index in [1.807, 2.05) is 82.2 Å². The maximum Gasteiger partial charge on any atom is 0.530 e. The van der Waals surface area contributed by atoms with Crippen LogP contribution in [0.2, 0.25) is 0 Å². The number of hydrogen-bond donors (Lipinski definition) is 0. The van der Waals surface area contributed by atoms with Gasteiger partial charge in [-0.25, -0.2) is 0 Å². The van der Waals surface area contributed by atoms with Crippen LogP contribution in [0, 0.1) is 54.3 Å². The van der Waals surface area contributed by atoms with Gasteiger partial charge in [-0.15, -0.1) is 0 Å². The highest BCUT2D eigenvalue weighted by Gasteiger charge is 2.38. The van der Waals surface area contributed by atoms with Gasteiger partial charge in [-0.05, 0) is 117 Å². The van der Waals surface area contributed by atoms with Gasteiger partial charge in [0.2, 0.25) is 0 Å². The molecule has 6 aromatic rings. The molecule has 0 saturated heterocycles. The Morgan fingerprint density at radius 2 is 0.640 bits per heavy atom. The molecule has 0 spiro atoms. The van der Waals surface area contributed by atoms with Crippen LogP contribution in [0.25, 0.3) is 11.1 Å². The monoisotopic (exact) mass is 1070 g/mol. The zero-order valence-electron chi connectivity index (χ0n) is 44.2. The third kappa shape index (κ3) is 14.2. The van der Waals surface area contributed by atoms with Crippen molar-refractivity contribution in [1.29, 1.82) is 0 Å². The summed E-state index contributed by atoms with van der Waals surface area (Å²) in [5.41, 5.74) is 1.31. The zero-order valence-corrected chi connectivity index (χ0v) is 46.0. The van der Waals surface area contributed by atoms with E-state index in [2.05, 4.69) is 26.8 Å². The molecule has 0 unspecified atom stereocenters. The Morgan fingerprint density at radius 3 is 0.893 bits per heavy atom. The number of non-ortho nitro benzene ring substituents is 4. The average Bonchev–Trinajstić information content (AvgIpc) is 3.29. The minimum atomic E-state index is -2.60. The first-order chi connectivity index (χ1) is 34.8. The Balaban J connectivity index is 1.72. The third-order valence-electron chi connectivity index (χ3n) is 11.4. The minimum Gasteiger partial charge on any atom is -0.488 e. The lowest BCUT2D eigenvalue weighted by Crippen LogP contribution is -2.25. The summed E-state index contributed by atoms with van der Waals surface area (Å²) in [6.07, 6.45) is 0. The van der Waals surface area contributed by atoms with Gasteiger partial charge < -0.3 is 31.9 Å². The molecule has 0 aliphatic rings. The first-order valence-corrected chi connectivity index (χ1v) is 25.7. The molecule has 0 aliphatic carbocycles. The fraction of sp³-hybridized carbons (Fsp3) is 0.333. The van der Waals surface area contributed by atoms with E-state index >= 15 is 0 Å². The summed E-state index contributed by atoms with van der Waals surface area (Å²) in [6.45, 7) is 28.0. The number of nitro benzene ring substituents is 4. The van der Waals surface area contributed by atoms with Crippen molar-refractivity contribution in [3.8, 4) is 51.4 Å². The summed E-state index contributed by atoms with van der Waals surface area (Å²) in [4.78, 5) is 44.6. The van der Waals surface area contributed by atoms with Gasteiger partial charge in [0, 0.05) is 76.3 Å². The molecule has 6 rings (SSSR count). The normalized spacial score (nSPS) is 12.0. The summed E-state index contributed by atoms with van der Waals surface area (Å²) in [5.74, 6) is 1.68. The van der Waals surface area contributed by atoms with E-state index < -0.39 is 58.7 Å². The van der Waals surface area contributed by atoms with Gasteiger partial charge in [-0.2, -0.15) is 0 Å². The SMILES string of the molecule is Cc1c(OC(C)(C)C)cc(C(C)(C)C)c(OP(Oc2ccc([N+](=O)[O-])cc2)Oc2ccc([N+](=O)[O-])cc2)c1-c1c(C)c(C(C)(C)C)cc(C(C)(C)C)c1OP(Oc1ccc([N+](=O)[O-])cc1)Oc1ccc([N+](=O)[O-])cc1. The Labute approximate surface area is 437 Å². The molecule has 0 N–H and O–H groups in total. The number of nitro groups is 4. The molecule has 21 heteroatoms. The van der Waals surface area contributed by atoms with Gasteiger partial charge in [0.1, 0.15) is 45.8 Å². The first-order valence-electron chi connectivity index (χ1n) is 23.5. The van der Waals surface area contributed by atoms with Crippen molar-refractivity contribution < 1.29 is 51.6 Å². The summed E-state index contributed by atoms with van der Waals surface area (Å²) >= 11 is 0. The molecule has 0 aromatic heterocycles. The van der Waals surface area contributed by atoms with E-state index in [-0.39, 0.29) is 51.5 Å². The van der Waals surface area contributed by atoms with Gasteiger partial charge >= 0.3 is 17.2 Å². The minimum absolute atomic E-state index is 0.152. The summed E-state index contributed by atoms with van der Waals surface area (Å²) in [6, 6.07) is 25.5. The fourth-order valence-corrected chi connectivity index (χ4v) is 9.81. The van der Waals surface area contributed by atoms with Crippen LogP contribution < -0.4 is 31.9 Å². The lowest BCUT2D eigenvalue weighted by Gasteiger charge is -2.35. The van der Waals surface area contributed by atoms with E-state index in [0.717, 1.165) is 11.1 Å². The van der Waals surface area contributed by atoms with Crippen LogP contribution in [0.4, 0.5) is 22.7 Å². The van der Waals surface area contributed by atoms with Crippen molar-refractivity contribution in [2.45, 2.75) is 119 Å². The summed E-state index contributed by atoms with van der Waals surface area (Å²) in [7, 11) is -5.19. The van der Waals surface area contributed by atoms with Gasteiger partial charge in [0.05, 0.1) is 19.7 Å². The van der Waals surface area contributed by atoms with Crippen LogP contribution in [0.5, 0.6) is 40.2 Å². The van der Waals surface area contributed by atoms with Crippen LogP contribution in [0.3, 0.4) is 0 Å². The highest BCUT2D eigenvalue weighted by molar-refractivity contribution is 7.43. The molecule has 0 radical (unpaired) electrons. The second kappa shape index (κ2) is 22.1. The van der Waals surface area contributed by atoms with E-state index in [9.17, 15) is 40.5 Å². The molecule has 75 heavy (non-hydrogen) atoms. The lowest BCUT2D eigenvalue weighted by atomic mass is 9.74. The second-order valence-corrected chi connectivity index (χ2v) is 23.5. The predicted octanol–water partition coefficient (Wildman–Crippen LogP) is 16.2. The van der Waals surface area contributed by atoms with Crippen LogP contribution in [-0.4, -0.2) is 25.3 Å². The predicted molar refractivity (Wildman–Crippen MR) is 288 cm³/mol. The molecule has 0 atom stereocenters. The molecule has 19 nitrogen and oxygen atoms in total. The smallest absolute Gasteiger partial charge is 0.488 e. The van der Waals surface area contributed by atoms with E-state index in [1.54, 1.807) is 0 Å². The highest BCUT2D eigenvalue weighted by atomic mass is 31.2. The van der Waals surface area contributed by atoms with Gasteiger partial charge in [0.25, 0.3) is 22.7 Å². The topological polar surface area (TPSA) is 237 Å². The number of hydrogen-bond acceptors (Lipinski definition) is 15. The molecule has 0 saturated carbocycles. The van der Waals surface area contributed by atoms with Crippen molar-refractivity contribution in [2.75, 3.05) is 0 Å². The van der Waals surface area contributed by atoms with Gasteiger partial charge in [-0.1, -0.05) is 68.4 Å². The molecular weight excluding hydrogens is 1010 g/mol. The van der Waals surface area contributed by atoms with Gasteiger partial charge in [0.15, 0.2) is 0 Å². The second-order valence-electron chi connectivity index (χ2n) is 21.5. The molecule has 0 heterocycles. The van der Waals surface area contributed by atoms with Crippen molar-refractivity contribution >= 4 is 40.0 Å². The molecule has 0 fully saturated rings. The summed E-state index contributed by atoms with van der Waals surface area (Å²) in [5, 5.41) is 46.7. The number of benzene rings is 6. The molecule has 6 aromatic carbocycles. The van der Waals surface area contributed by atoms with E-state index in [1.165, 1.54) is 97.1 Å². The highest BCUT2D eigenvalue weighted by Crippen LogP contribution is 2.58. The first kappa shape index (κ1) is 56.7. The van der Waals surface area contributed by atoms with Crippen LogP contribution in [0.1, 0.15) is 111 Å². The van der Waals surface area contributed by atoms with Crippen molar-refractivity contribution in [1.82, 2.24) is 0 Å². The third-order valence-corrected chi connectivity index (χ3v) is 13.5. The molecule has 0 amide bonds. The van der Waals surface area contributed by atoms with Gasteiger partial charge in [-0.3, -0.25) is 40.5 Å². The van der Waals surface area contributed by atoms with Crippen LogP contribution >= 0.6 is 17.2 Å². The zero-order chi connectivity index (χ0) is 55.5. The largest absolute Gasteiger partial charge is 0.530 e. The average molecular weight is 1070 g/mol. The Kier molecular flexibility index (Phi) is 16.7.